The molecule has 132 valence electrons. The van der Waals surface area contributed by atoms with Crippen LogP contribution in [0.25, 0.3) is 0 Å². The largest absolute Gasteiger partial charge is 0.493 e. The minimum atomic E-state index is -0.795. The fourth-order valence-electron chi connectivity index (χ4n) is 2.20. The smallest absolute Gasteiger partial charge is 0.345 e. The van der Waals surface area contributed by atoms with Crippen LogP contribution in [0.3, 0.4) is 0 Å². The standard InChI is InChI=1S/C18H19NO6/c1-4-24-17-9-14(15(19(21)22)10-16(17)23-3)18(20)25-11-13-7-5-12(2)6-8-13/h5-10H,4,11H2,1-3H3. The number of ether oxygens (including phenoxy) is 3. The monoisotopic (exact) mass is 345 g/mol. The molecule has 0 saturated heterocycles. The summed E-state index contributed by atoms with van der Waals surface area (Å²) in [5.74, 6) is -0.364. The molecule has 0 amide bonds. The third-order valence-corrected chi connectivity index (χ3v) is 3.49. The van der Waals surface area contributed by atoms with Crippen molar-refractivity contribution in [2.45, 2.75) is 20.5 Å². The number of aryl methyl sites for hydroxylation is 1. The third kappa shape index (κ3) is 4.47. The van der Waals surface area contributed by atoms with Gasteiger partial charge in [-0.25, -0.2) is 4.79 Å². The van der Waals surface area contributed by atoms with E-state index in [0.717, 1.165) is 17.2 Å². The average Bonchev–Trinajstić information content (AvgIpc) is 2.60. The number of nitro groups is 1. The van der Waals surface area contributed by atoms with E-state index in [0.29, 0.717) is 6.61 Å². The van der Waals surface area contributed by atoms with Crippen molar-refractivity contribution in [3.8, 4) is 11.5 Å². The number of hydrogen-bond donors (Lipinski definition) is 0. The Labute approximate surface area is 145 Å². The van der Waals surface area contributed by atoms with Gasteiger partial charge in [-0.3, -0.25) is 10.1 Å². The first-order valence-electron chi connectivity index (χ1n) is 7.68. The van der Waals surface area contributed by atoms with Crippen molar-refractivity contribution in [1.29, 1.82) is 0 Å². The van der Waals surface area contributed by atoms with E-state index in [4.69, 9.17) is 14.2 Å². The van der Waals surface area contributed by atoms with Crippen LogP contribution in [0.1, 0.15) is 28.4 Å². The summed E-state index contributed by atoms with van der Waals surface area (Å²) in [4.78, 5) is 23.0. The van der Waals surface area contributed by atoms with E-state index in [-0.39, 0.29) is 23.7 Å². The molecule has 0 aliphatic rings. The maximum Gasteiger partial charge on any atom is 0.345 e. The van der Waals surface area contributed by atoms with Gasteiger partial charge in [0.2, 0.25) is 0 Å². The van der Waals surface area contributed by atoms with Gasteiger partial charge in [-0.15, -0.1) is 0 Å². The van der Waals surface area contributed by atoms with Crippen molar-refractivity contribution in [2.75, 3.05) is 13.7 Å². The van der Waals surface area contributed by atoms with Gasteiger partial charge in [0, 0.05) is 6.07 Å². The van der Waals surface area contributed by atoms with E-state index < -0.39 is 16.6 Å². The molecule has 7 nitrogen and oxygen atoms in total. The van der Waals surface area contributed by atoms with Gasteiger partial charge in [0.1, 0.15) is 12.2 Å². The molecule has 0 aliphatic heterocycles. The van der Waals surface area contributed by atoms with Crippen LogP contribution in [0.5, 0.6) is 11.5 Å². The molecule has 0 atom stereocenters. The Bertz CT molecular complexity index is 770. The quantitative estimate of drug-likeness (QED) is 0.432. The average molecular weight is 345 g/mol. The lowest BCUT2D eigenvalue weighted by molar-refractivity contribution is -0.385. The number of nitro benzene ring substituents is 1. The van der Waals surface area contributed by atoms with Gasteiger partial charge in [-0.2, -0.15) is 0 Å². The van der Waals surface area contributed by atoms with Gasteiger partial charge in [0.05, 0.1) is 24.7 Å². The van der Waals surface area contributed by atoms with Crippen LogP contribution in [0.4, 0.5) is 5.69 Å². The molecular weight excluding hydrogens is 326 g/mol. The number of nitrogens with zero attached hydrogens (tertiary/aromatic N) is 1. The first-order valence-corrected chi connectivity index (χ1v) is 7.68. The summed E-state index contributed by atoms with van der Waals surface area (Å²) in [5.41, 5.74) is 1.30. The first kappa shape index (κ1) is 18.3. The number of rotatable bonds is 7. The minimum absolute atomic E-state index is 0.0201. The molecule has 0 radical (unpaired) electrons. The third-order valence-electron chi connectivity index (χ3n) is 3.49. The predicted octanol–water partition coefficient (Wildman–Crippen LogP) is 3.67. The molecule has 2 rings (SSSR count). The van der Waals surface area contributed by atoms with Crippen LogP contribution in [0.2, 0.25) is 0 Å². The van der Waals surface area contributed by atoms with Gasteiger partial charge >= 0.3 is 5.97 Å². The Morgan fingerprint density at radius 2 is 1.84 bits per heavy atom. The van der Waals surface area contributed by atoms with E-state index in [1.54, 1.807) is 6.92 Å². The normalized spacial score (nSPS) is 10.2. The van der Waals surface area contributed by atoms with Crippen LogP contribution >= 0.6 is 0 Å². The van der Waals surface area contributed by atoms with Gasteiger partial charge in [-0.1, -0.05) is 29.8 Å². The lowest BCUT2D eigenvalue weighted by atomic mass is 10.1. The highest BCUT2D eigenvalue weighted by atomic mass is 16.6. The van der Waals surface area contributed by atoms with Crippen molar-refractivity contribution in [2.24, 2.45) is 0 Å². The SMILES string of the molecule is CCOc1cc(C(=O)OCc2ccc(C)cc2)c([N+](=O)[O-])cc1OC. The first-order chi connectivity index (χ1) is 12.0. The van der Waals surface area contributed by atoms with E-state index in [1.807, 2.05) is 31.2 Å². The molecule has 0 aliphatic carbocycles. The number of methoxy groups -OCH3 is 1. The Hall–Kier alpha value is -3.09. The van der Waals surface area contributed by atoms with Crippen LogP contribution in [0, 0.1) is 17.0 Å². The highest BCUT2D eigenvalue weighted by molar-refractivity contribution is 5.95. The Kier molecular flexibility index (Phi) is 5.94. The molecule has 25 heavy (non-hydrogen) atoms. The van der Waals surface area contributed by atoms with Gasteiger partial charge in [0.15, 0.2) is 11.5 Å². The fraction of sp³-hybridized carbons (Fsp3) is 0.278. The Morgan fingerprint density at radius 3 is 2.40 bits per heavy atom. The van der Waals surface area contributed by atoms with Crippen molar-refractivity contribution < 1.29 is 23.9 Å². The zero-order chi connectivity index (χ0) is 18.4. The summed E-state index contributed by atoms with van der Waals surface area (Å²) in [7, 11) is 1.37. The molecule has 0 saturated carbocycles. The molecule has 0 spiro atoms. The number of hydrogen-bond acceptors (Lipinski definition) is 6. The number of esters is 1. The molecule has 7 heteroatoms. The second kappa shape index (κ2) is 8.14. The predicted molar refractivity (Wildman–Crippen MR) is 91.1 cm³/mol. The zero-order valence-electron chi connectivity index (χ0n) is 14.3. The highest BCUT2D eigenvalue weighted by Crippen LogP contribution is 2.35. The summed E-state index contributed by atoms with van der Waals surface area (Å²) < 4.78 is 15.7. The maximum atomic E-state index is 12.3. The summed E-state index contributed by atoms with van der Waals surface area (Å²) in [6.07, 6.45) is 0. The minimum Gasteiger partial charge on any atom is -0.493 e. The van der Waals surface area contributed by atoms with Gasteiger partial charge in [-0.05, 0) is 19.4 Å². The van der Waals surface area contributed by atoms with Crippen molar-refractivity contribution in [3.05, 3.63) is 63.2 Å². The van der Waals surface area contributed by atoms with Crippen LogP contribution in [-0.4, -0.2) is 24.6 Å². The van der Waals surface area contributed by atoms with Gasteiger partial charge in [0.25, 0.3) is 5.69 Å². The molecule has 2 aromatic carbocycles. The molecule has 2 aromatic rings. The van der Waals surface area contributed by atoms with Crippen LogP contribution in [-0.2, 0) is 11.3 Å². The zero-order valence-corrected chi connectivity index (χ0v) is 14.3. The maximum absolute atomic E-state index is 12.3. The Balaban J connectivity index is 2.28. The van der Waals surface area contributed by atoms with E-state index in [1.165, 1.54) is 13.2 Å². The van der Waals surface area contributed by atoms with Crippen molar-refractivity contribution in [3.63, 3.8) is 0 Å². The number of benzene rings is 2. The van der Waals surface area contributed by atoms with Crippen molar-refractivity contribution >= 4 is 11.7 Å². The van der Waals surface area contributed by atoms with E-state index >= 15 is 0 Å². The van der Waals surface area contributed by atoms with E-state index in [9.17, 15) is 14.9 Å². The van der Waals surface area contributed by atoms with E-state index in [2.05, 4.69) is 0 Å². The molecule has 0 unspecified atom stereocenters. The molecular formula is C18H19NO6. The number of carbonyl (C=O) groups is 1. The fourth-order valence-corrected chi connectivity index (χ4v) is 2.20. The second-order valence-corrected chi connectivity index (χ2v) is 5.27. The highest BCUT2D eigenvalue weighted by Gasteiger charge is 2.25. The lowest BCUT2D eigenvalue weighted by Crippen LogP contribution is -2.09. The molecule has 0 bridgehead atoms. The molecule has 0 aromatic heterocycles. The second-order valence-electron chi connectivity index (χ2n) is 5.27. The van der Waals surface area contributed by atoms with Crippen LogP contribution < -0.4 is 9.47 Å². The summed E-state index contributed by atoms with van der Waals surface area (Å²) in [6.45, 7) is 4.06. The topological polar surface area (TPSA) is 87.9 Å². The summed E-state index contributed by atoms with van der Waals surface area (Å²) >= 11 is 0. The van der Waals surface area contributed by atoms with Gasteiger partial charge < -0.3 is 14.2 Å². The van der Waals surface area contributed by atoms with Crippen molar-refractivity contribution in [1.82, 2.24) is 0 Å². The molecule has 0 fully saturated rings. The van der Waals surface area contributed by atoms with Crippen LogP contribution in [0.15, 0.2) is 36.4 Å². The lowest BCUT2D eigenvalue weighted by Gasteiger charge is -2.12. The molecule has 0 N–H and O–H groups in total. The Morgan fingerprint density at radius 1 is 1.16 bits per heavy atom. The number of carbonyl (C=O) groups excluding carboxylic acids is 1. The summed E-state index contributed by atoms with van der Waals surface area (Å²) in [5, 5.41) is 11.3. The molecule has 0 heterocycles. The summed E-state index contributed by atoms with van der Waals surface area (Å²) in [6, 6.07) is 9.89.